The topological polar surface area (TPSA) is 64.4 Å². The van der Waals surface area contributed by atoms with Crippen LogP contribution in [-0.4, -0.2) is 11.5 Å². The molecule has 130 valence electrons. The first kappa shape index (κ1) is 17.0. The summed E-state index contributed by atoms with van der Waals surface area (Å²) >= 11 is 0. The van der Waals surface area contributed by atoms with Crippen molar-refractivity contribution in [3.63, 3.8) is 0 Å². The van der Waals surface area contributed by atoms with Crippen LogP contribution in [0.1, 0.15) is 63.5 Å². The van der Waals surface area contributed by atoms with Crippen LogP contribution in [0.4, 0.5) is 0 Å². The van der Waals surface area contributed by atoms with Gasteiger partial charge in [-0.2, -0.15) is 0 Å². The number of allylic oxidation sites excluding steroid dienone is 1. The van der Waals surface area contributed by atoms with E-state index in [-0.39, 0.29) is 11.7 Å². The average molecular weight is 328 g/mol. The van der Waals surface area contributed by atoms with Crippen molar-refractivity contribution in [1.82, 2.24) is 5.32 Å². The molecule has 0 unspecified atom stereocenters. The molecule has 0 atom stereocenters. The number of ether oxygens (including phenoxy) is 1. The SMILES string of the molecule is CC1(C)N/C(=C/C(=O)C2CCCCCC2)c2cc(CN)ccc2O1. The molecule has 1 aliphatic carbocycles. The van der Waals surface area contributed by atoms with Crippen molar-refractivity contribution in [3.8, 4) is 5.75 Å². The van der Waals surface area contributed by atoms with Crippen LogP contribution in [0.3, 0.4) is 0 Å². The van der Waals surface area contributed by atoms with Crippen LogP contribution in [0, 0.1) is 5.92 Å². The Labute approximate surface area is 144 Å². The number of hydrogen-bond donors (Lipinski definition) is 2. The number of nitrogens with one attached hydrogen (secondary N) is 1. The van der Waals surface area contributed by atoms with E-state index in [0.717, 1.165) is 48.3 Å². The summed E-state index contributed by atoms with van der Waals surface area (Å²) in [5, 5.41) is 3.36. The highest BCUT2D eigenvalue weighted by molar-refractivity contribution is 5.98. The maximum atomic E-state index is 12.8. The van der Waals surface area contributed by atoms with E-state index in [0.29, 0.717) is 6.54 Å². The Hall–Kier alpha value is -1.81. The summed E-state index contributed by atoms with van der Waals surface area (Å²) in [5.74, 6) is 1.20. The van der Waals surface area contributed by atoms with Gasteiger partial charge in [-0.1, -0.05) is 31.7 Å². The Morgan fingerprint density at radius 2 is 2.00 bits per heavy atom. The minimum Gasteiger partial charge on any atom is -0.468 e. The van der Waals surface area contributed by atoms with Crippen molar-refractivity contribution in [2.45, 2.75) is 64.6 Å². The first-order valence-electron chi connectivity index (χ1n) is 9.04. The molecule has 0 spiro atoms. The minimum atomic E-state index is -0.535. The first-order chi connectivity index (χ1) is 11.5. The molecule has 4 nitrogen and oxygen atoms in total. The van der Waals surface area contributed by atoms with E-state index >= 15 is 0 Å². The van der Waals surface area contributed by atoms with Crippen molar-refractivity contribution in [2.75, 3.05) is 0 Å². The lowest BCUT2D eigenvalue weighted by molar-refractivity contribution is -0.118. The van der Waals surface area contributed by atoms with E-state index < -0.39 is 5.72 Å². The monoisotopic (exact) mass is 328 g/mol. The molecule has 4 heteroatoms. The molecule has 1 heterocycles. The highest BCUT2D eigenvalue weighted by Gasteiger charge is 2.30. The maximum Gasteiger partial charge on any atom is 0.175 e. The molecule has 0 bridgehead atoms. The summed E-state index contributed by atoms with van der Waals surface area (Å²) in [7, 11) is 0. The highest BCUT2D eigenvalue weighted by Crippen LogP contribution is 2.35. The molecule has 1 aromatic rings. The van der Waals surface area contributed by atoms with Crippen LogP contribution < -0.4 is 15.8 Å². The Morgan fingerprint density at radius 3 is 2.67 bits per heavy atom. The van der Waals surface area contributed by atoms with Gasteiger partial charge in [0.05, 0.1) is 5.70 Å². The lowest BCUT2D eigenvalue weighted by atomic mass is 9.93. The number of rotatable bonds is 3. The van der Waals surface area contributed by atoms with Crippen LogP contribution in [0.2, 0.25) is 0 Å². The van der Waals surface area contributed by atoms with Gasteiger partial charge in [0.15, 0.2) is 11.5 Å². The van der Waals surface area contributed by atoms with Gasteiger partial charge >= 0.3 is 0 Å². The lowest BCUT2D eigenvalue weighted by Gasteiger charge is -2.36. The normalized spacial score (nSPS) is 22.2. The molecule has 0 aromatic heterocycles. The third-order valence-corrected chi connectivity index (χ3v) is 4.91. The van der Waals surface area contributed by atoms with E-state index in [9.17, 15) is 4.79 Å². The average Bonchev–Trinajstić information content (AvgIpc) is 2.83. The van der Waals surface area contributed by atoms with E-state index in [4.69, 9.17) is 10.5 Å². The van der Waals surface area contributed by atoms with Gasteiger partial charge in [-0.15, -0.1) is 0 Å². The van der Waals surface area contributed by atoms with Crippen LogP contribution in [0.15, 0.2) is 24.3 Å². The van der Waals surface area contributed by atoms with Crippen molar-refractivity contribution >= 4 is 11.5 Å². The van der Waals surface area contributed by atoms with E-state index in [1.54, 1.807) is 6.08 Å². The molecule has 2 aliphatic rings. The highest BCUT2D eigenvalue weighted by atomic mass is 16.5. The Bertz CT molecular complexity index is 641. The van der Waals surface area contributed by atoms with Crippen molar-refractivity contribution in [3.05, 3.63) is 35.4 Å². The fraction of sp³-hybridized carbons (Fsp3) is 0.550. The van der Waals surface area contributed by atoms with Gasteiger partial charge in [0.25, 0.3) is 0 Å². The molecule has 3 N–H and O–H groups in total. The number of carbonyl (C=O) groups is 1. The number of nitrogens with two attached hydrogens (primary N) is 1. The fourth-order valence-corrected chi connectivity index (χ4v) is 3.63. The summed E-state index contributed by atoms with van der Waals surface area (Å²) in [6.07, 6.45) is 8.64. The summed E-state index contributed by atoms with van der Waals surface area (Å²) in [6, 6.07) is 5.94. The lowest BCUT2D eigenvalue weighted by Crippen LogP contribution is -2.46. The third kappa shape index (κ3) is 3.81. The van der Waals surface area contributed by atoms with Gasteiger partial charge in [0, 0.05) is 24.1 Å². The van der Waals surface area contributed by atoms with Crippen LogP contribution in [0.25, 0.3) is 5.70 Å². The molecule has 0 saturated heterocycles. The quantitative estimate of drug-likeness (QED) is 0.655. The number of fused-ring (bicyclic) bond motifs is 1. The van der Waals surface area contributed by atoms with Gasteiger partial charge in [-0.3, -0.25) is 4.79 Å². The maximum absolute atomic E-state index is 12.8. The van der Waals surface area contributed by atoms with Crippen LogP contribution in [-0.2, 0) is 11.3 Å². The predicted octanol–water partition coefficient (Wildman–Crippen LogP) is 3.74. The smallest absolute Gasteiger partial charge is 0.175 e. The number of hydrogen-bond acceptors (Lipinski definition) is 4. The molecule has 1 aliphatic heterocycles. The summed E-state index contributed by atoms with van der Waals surface area (Å²) < 4.78 is 5.99. The molecule has 3 rings (SSSR count). The summed E-state index contributed by atoms with van der Waals surface area (Å²) in [5.41, 5.74) is 8.05. The molecular weight excluding hydrogens is 300 g/mol. The van der Waals surface area contributed by atoms with Crippen molar-refractivity contribution in [1.29, 1.82) is 0 Å². The van der Waals surface area contributed by atoms with Gasteiger partial charge in [0.1, 0.15) is 5.75 Å². The molecule has 1 saturated carbocycles. The fourth-order valence-electron chi connectivity index (χ4n) is 3.63. The molecular formula is C20H28N2O2. The van der Waals surface area contributed by atoms with Crippen LogP contribution >= 0.6 is 0 Å². The zero-order valence-electron chi connectivity index (χ0n) is 14.7. The van der Waals surface area contributed by atoms with Gasteiger partial charge in [-0.05, 0) is 44.4 Å². The second-order valence-electron chi connectivity index (χ2n) is 7.42. The van der Waals surface area contributed by atoms with Gasteiger partial charge < -0.3 is 15.8 Å². The molecule has 0 amide bonds. The Kier molecular flexibility index (Phi) is 4.95. The second kappa shape index (κ2) is 6.98. The molecule has 1 fully saturated rings. The van der Waals surface area contributed by atoms with Crippen molar-refractivity contribution in [2.24, 2.45) is 11.7 Å². The molecule has 0 radical (unpaired) electrons. The van der Waals surface area contributed by atoms with E-state index in [1.807, 2.05) is 32.0 Å². The number of carbonyl (C=O) groups excluding carboxylic acids is 1. The molecule has 1 aromatic carbocycles. The van der Waals surface area contributed by atoms with E-state index in [1.165, 1.54) is 12.8 Å². The Balaban J connectivity index is 1.92. The number of benzene rings is 1. The second-order valence-corrected chi connectivity index (χ2v) is 7.42. The van der Waals surface area contributed by atoms with Gasteiger partial charge in [0.2, 0.25) is 0 Å². The first-order valence-corrected chi connectivity index (χ1v) is 9.04. The Morgan fingerprint density at radius 1 is 1.29 bits per heavy atom. The van der Waals surface area contributed by atoms with Crippen LogP contribution in [0.5, 0.6) is 5.75 Å². The summed E-state index contributed by atoms with van der Waals surface area (Å²) in [4.78, 5) is 12.8. The number of ketones is 1. The zero-order valence-corrected chi connectivity index (χ0v) is 14.7. The van der Waals surface area contributed by atoms with Crippen molar-refractivity contribution < 1.29 is 9.53 Å². The summed E-state index contributed by atoms with van der Waals surface area (Å²) in [6.45, 7) is 4.41. The molecule has 24 heavy (non-hydrogen) atoms. The zero-order chi connectivity index (χ0) is 17.2. The largest absolute Gasteiger partial charge is 0.468 e. The minimum absolute atomic E-state index is 0.161. The predicted molar refractivity (Wildman–Crippen MR) is 96.4 cm³/mol. The standard InChI is InChI=1S/C20H28N2O2/c1-20(2)22-17(12-18(23)15-7-5-3-4-6-8-15)16-11-14(13-21)9-10-19(16)24-20/h9-12,15,22H,3-8,13,21H2,1-2H3/b17-12+. The van der Waals surface area contributed by atoms with Gasteiger partial charge in [-0.25, -0.2) is 0 Å². The van der Waals surface area contributed by atoms with E-state index in [2.05, 4.69) is 5.32 Å². The third-order valence-electron chi connectivity index (χ3n) is 4.91.